The van der Waals surface area contributed by atoms with Crippen LogP contribution >= 0.6 is 0 Å². The fraction of sp³-hybridized carbons (Fsp3) is 1.00. The van der Waals surface area contributed by atoms with Crippen molar-refractivity contribution in [3.8, 4) is 0 Å². The lowest BCUT2D eigenvalue weighted by Crippen LogP contribution is -2.30. The minimum Gasteiger partial charge on any atom is -0.370 e. The summed E-state index contributed by atoms with van der Waals surface area (Å²) in [5.74, 6) is 2.85. The lowest BCUT2D eigenvalue weighted by molar-refractivity contribution is 0.152. The van der Waals surface area contributed by atoms with Gasteiger partial charge in [0.1, 0.15) is 0 Å². The Morgan fingerprint density at radius 1 is 0.625 bits per heavy atom. The van der Waals surface area contributed by atoms with Gasteiger partial charge in [0.15, 0.2) is 0 Å². The highest BCUT2D eigenvalue weighted by Gasteiger charge is 2.49. The smallest absolute Gasteiger partial charge is 0.0844 e. The molecule has 0 bridgehead atoms. The molecule has 3 saturated heterocycles. The van der Waals surface area contributed by atoms with Gasteiger partial charge in [-0.1, -0.05) is 26.2 Å². The Kier molecular flexibility index (Phi) is 4.39. The van der Waals surface area contributed by atoms with Gasteiger partial charge in [-0.05, 0) is 69.1 Å². The Morgan fingerprint density at radius 3 is 1.50 bits per heavy atom. The zero-order valence-electron chi connectivity index (χ0n) is 15.2. The van der Waals surface area contributed by atoms with Crippen molar-refractivity contribution in [1.82, 2.24) is 0 Å². The van der Waals surface area contributed by atoms with Crippen molar-refractivity contribution >= 4 is 0 Å². The molecule has 0 aromatic rings. The summed E-state index contributed by atoms with van der Waals surface area (Å²) < 4.78 is 16.7. The highest BCUT2D eigenvalue weighted by Crippen LogP contribution is 2.49. The van der Waals surface area contributed by atoms with E-state index >= 15 is 0 Å². The maximum atomic E-state index is 5.69. The normalized spacial score (nSPS) is 51.9. The largest absolute Gasteiger partial charge is 0.370 e. The maximum absolute atomic E-state index is 5.69. The fourth-order valence-corrected chi connectivity index (χ4v) is 6.08. The molecule has 8 unspecified atom stereocenters. The van der Waals surface area contributed by atoms with Gasteiger partial charge in [-0.3, -0.25) is 0 Å². The Balaban J connectivity index is 0.000000155. The molecule has 3 heterocycles. The Labute approximate surface area is 146 Å². The van der Waals surface area contributed by atoms with Gasteiger partial charge in [0.2, 0.25) is 0 Å². The molecule has 3 heteroatoms. The lowest BCUT2D eigenvalue weighted by Gasteiger charge is -2.35. The first-order valence-corrected chi connectivity index (χ1v) is 10.8. The molecular weight excluding hydrogens is 300 g/mol. The van der Waals surface area contributed by atoms with Crippen LogP contribution in [0.3, 0.4) is 0 Å². The molecule has 6 rings (SSSR count). The molecule has 0 radical (unpaired) electrons. The van der Waals surface area contributed by atoms with Crippen LogP contribution in [0.1, 0.15) is 77.6 Å². The summed E-state index contributed by atoms with van der Waals surface area (Å²) in [4.78, 5) is 0. The Bertz CT molecular complexity index is 414. The molecule has 3 nitrogen and oxygen atoms in total. The van der Waals surface area contributed by atoms with Gasteiger partial charge in [0, 0.05) is 0 Å². The predicted octanol–water partition coefficient (Wildman–Crippen LogP) is 4.48. The predicted molar refractivity (Wildman–Crippen MR) is 92.9 cm³/mol. The van der Waals surface area contributed by atoms with Gasteiger partial charge in [-0.2, -0.15) is 0 Å². The monoisotopic (exact) mass is 334 g/mol. The highest BCUT2D eigenvalue weighted by atomic mass is 16.6. The summed E-state index contributed by atoms with van der Waals surface area (Å²) in [5, 5.41) is 0. The second-order valence-corrected chi connectivity index (χ2v) is 9.14. The number of hydrogen-bond donors (Lipinski definition) is 0. The SMILES string of the molecule is C1CCC2OC2C1.CCC(C1CCC2OC2C1)C1CCC2OC2C1. The zero-order valence-corrected chi connectivity index (χ0v) is 15.2. The fourth-order valence-electron chi connectivity index (χ4n) is 6.08. The summed E-state index contributed by atoms with van der Waals surface area (Å²) in [6.45, 7) is 2.39. The van der Waals surface area contributed by atoms with Crippen LogP contribution < -0.4 is 0 Å². The third-order valence-electron chi connectivity index (χ3n) is 7.69. The van der Waals surface area contributed by atoms with Gasteiger partial charge in [-0.15, -0.1) is 0 Å². The molecule has 0 aromatic carbocycles. The van der Waals surface area contributed by atoms with E-state index in [4.69, 9.17) is 14.2 Å². The first-order chi connectivity index (χ1) is 11.8. The van der Waals surface area contributed by atoms with E-state index in [1.54, 1.807) is 0 Å². The number of rotatable bonds is 3. The molecule has 136 valence electrons. The van der Waals surface area contributed by atoms with E-state index in [0.717, 1.165) is 17.8 Å². The Hall–Kier alpha value is -0.120. The van der Waals surface area contributed by atoms with E-state index in [1.807, 2.05) is 0 Å². The standard InChI is InChI=1S/C15H24O2.C6H10O/c1-2-11(9-3-5-12-14(7-9)16-12)10-4-6-13-15(8-10)17-13;1-2-4-6-5(3-1)7-6/h9-15H,2-8H2,1H3;5-6H,1-4H2. The number of epoxide rings is 3. The average Bonchev–Trinajstić information content (AvgIpc) is 3.49. The second-order valence-electron chi connectivity index (χ2n) is 9.14. The van der Waals surface area contributed by atoms with Crippen molar-refractivity contribution in [3.63, 3.8) is 0 Å². The summed E-state index contributed by atoms with van der Waals surface area (Å²) in [7, 11) is 0. The van der Waals surface area contributed by atoms with Gasteiger partial charge >= 0.3 is 0 Å². The van der Waals surface area contributed by atoms with Crippen LogP contribution in [0.2, 0.25) is 0 Å². The van der Waals surface area contributed by atoms with Gasteiger partial charge in [-0.25, -0.2) is 0 Å². The second kappa shape index (κ2) is 6.55. The third kappa shape index (κ3) is 3.41. The van der Waals surface area contributed by atoms with Crippen molar-refractivity contribution < 1.29 is 14.2 Å². The molecule has 3 aliphatic heterocycles. The molecule has 3 aliphatic carbocycles. The number of hydrogen-bond acceptors (Lipinski definition) is 3. The van der Waals surface area contributed by atoms with Crippen LogP contribution in [0.5, 0.6) is 0 Å². The molecule has 0 aromatic heterocycles. The molecule has 0 spiro atoms. The summed E-state index contributed by atoms with van der Waals surface area (Å²) in [5.41, 5.74) is 0. The molecule has 6 fully saturated rings. The van der Waals surface area contributed by atoms with Crippen LogP contribution in [0.4, 0.5) is 0 Å². The van der Waals surface area contributed by atoms with E-state index in [-0.39, 0.29) is 0 Å². The van der Waals surface area contributed by atoms with Crippen LogP contribution in [-0.4, -0.2) is 36.6 Å². The Morgan fingerprint density at radius 2 is 1.08 bits per heavy atom. The summed E-state index contributed by atoms with van der Waals surface area (Å²) in [6, 6.07) is 0. The first-order valence-electron chi connectivity index (χ1n) is 10.8. The van der Waals surface area contributed by atoms with Crippen molar-refractivity contribution in [2.75, 3.05) is 0 Å². The van der Waals surface area contributed by atoms with Crippen molar-refractivity contribution in [3.05, 3.63) is 0 Å². The minimum atomic E-state index is 0.649. The molecule has 8 atom stereocenters. The topological polar surface area (TPSA) is 37.6 Å². The minimum absolute atomic E-state index is 0.649. The number of ether oxygens (including phenoxy) is 3. The number of fused-ring (bicyclic) bond motifs is 3. The molecule has 3 saturated carbocycles. The summed E-state index contributed by atoms with van der Waals surface area (Å²) in [6.07, 6.45) is 19.1. The lowest BCUT2D eigenvalue weighted by atomic mass is 9.69. The van der Waals surface area contributed by atoms with E-state index in [0.29, 0.717) is 36.6 Å². The molecule has 6 aliphatic rings. The van der Waals surface area contributed by atoms with Gasteiger partial charge in [0.05, 0.1) is 36.6 Å². The zero-order chi connectivity index (χ0) is 16.1. The van der Waals surface area contributed by atoms with Crippen LogP contribution in [-0.2, 0) is 14.2 Å². The maximum Gasteiger partial charge on any atom is 0.0844 e. The van der Waals surface area contributed by atoms with Crippen molar-refractivity contribution in [2.45, 2.75) is 114 Å². The van der Waals surface area contributed by atoms with E-state index in [9.17, 15) is 0 Å². The third-order valence-corrected chi connectivity index (χ3v) is 7.69. The first kappa shape index (κ1) is 16.1. The molecule has 24 heavy (non-hydrogen) atoms. The summed E-state index contributed by atoms with van der Waals surface area (Å²) >= 11 is 0. The average molecular weight is 335 g/mol. The van der Waals surface area contributed by atoms with Crippen LogP contribution in [0.25, 0.3) is 0 Å². The van der Waals surface area contributed by atoms with Crippen molar-refractivity contribution in [1.29, 1.82) is 0 Å². The van der Waals surface area contributed by atoms with E-state index in [1.165, 1.54) is 70.6 Å². The van der Waals surface area contributed by atoms with Gasteiger partial charge < -0.3 is 14.2 Å². The molecular formula is C21H34O3. The van der Waals surface area contributed by atoms with Gasteiger partial charge in [0.25, 0.3) is 0 Å². The van der Waals surface area contributed by atoms with E-state index < -0.39 is 0 Å². The molecule has 0 N–H and O–H groups in total. The quantitative estimate of drug-likeness (QED) is 0.714. The van der Waals surface area contributed by atoms with E-state index in [2.05, 4.69) is 6.92 Å². The highest BCUT2D eigenvalue weighted by molar-refractivity contribution is 4.98. The van der Waals surface area contributed by atoms with Crippen LogP contribution in [0.15, 0.2) is 0 Å². The molecule has 0 amide bonds. The van der Waals surface area contributed by atoms with Crippen molar-refractivity contribution in [2.24, 2.45) is 17.8 Å². The van der Waals surface area contributed by atoms with Crippen LogP contribution in [0, 0.1) is 17.8 Å².